The lowest BCUT2D eigenvalue weighted by molar-refractivity contribution is 0.850. The molecule has 0 spiro atoms. The van der Waals surface area contributed by atoms with Gasteiger partial charge >= 0.3 is 0 Å². The van der Waals surface area contributed by atoms with E-state index in [1.165, 1.54) is 0 Å². The van der Waals surface area contributed by atoms with Crippen LogP contribution in [0.1, 0.15) is 18.5 Å². The van der Waals surface area contributed by atoms with Crippen LogP contribution >= 0.6 is 0 Å². The first-order valence-corrected chi connectivity index (χ1v) is 5.67. The van der Waals surface area contributed by atoms with Crippen molar-refractivity contribution in [3.05, 3.63) is 42.2 Å². The number of aromatic amines is 1. The third-order valence-electron chi connectivity index (χ3n) is 2.73. The Balaban J connectivity index is 1.86. The molecule has 0 fully saturated rings. The van der Waals surface area contributed by atoms with Crippen LogP contribution in [0.2, 0.25) is 0 Å². The van der Waals surface area contributed by atoms with E-state index in [4.69, 9.17) is 0 Å². The van der Waals surface area contributed by atoms with Crippen molar-refractivity contribution in [3.63, 3.8) is 0 Å². The minimum atomic E-state index is 0.0757. The largest absolute Gasteiger partial charge is 0.346 e. The summed E-state index contributed by atoms with van der Waals surface area (Å²) < 4.78 is 0. The fourth-order valence-corrected chi connectivity index (χ4v) is 1.72. The molecule has 1 atom stereocenters. The number of nitrogens with one attached hydrogen (secondary N) is 2. The molecule has 3 aromatic rings. The van der Waals surface area contributed by atoms with E-state index in [-0.39, 0.29) is 6.04 Å². The predicted octanol–water partition coefficient (Wildman–Crippen LogP) is 1.92. The molecule has 0 amide bonds. The molecule has 18 heavy (non-hydrogen) atoms. The lowest BCUT2D eigenvalue weighted by Gasteiger charge is -2.11. The Labute approximate surface area is 103 Å². The highest BCUT2D eigenvalue weighted by Crippen LogP contribution is 2.16. The van der Waals surface area contributed by atoms with Crippen LogP contribution in [0.3, 0.4) is 0 Å². The predicted molar refractivity (Wildman–Crippen MR) is 68.0 cm³/mol. The zero-order chi connectivity index (χ0) is 12.4. The van der Waals surface area contributed by atoms with Crippen molar-refractivity contribution in [2.24, 2.45) is 0 Å². The van der Waals surface area contributed by atoms with Crippen molar-refractivity contribution in [1.29, 1.82) is 0 Å². The van der Waals surface area contributed by atoms with Crippen molar-refractivity contribution < 1.29 is 0 Å². The first-order valence-electron chi connectivity index (χ1n) is 5.67. The Kier molecular flexibility index (Phi) is 2.60. The van der Waals surface area contributed by atoms with Gasteiger partial charge in [-0.1, -0.05) is 12.1 Å². The molecule has 2 N–H and O–H groups in total. The average Bonchev–Trinajstić information content (AvgIpc) is 2.92. The summed E-state index contributed by atoms with van der Waals surface area (Å²) in [5.74, 6) is 0.516. The zero-order valence-electron chi connectivity index (χ0n) is 9.83. The Morgan fingerprint density at radius 2 is 2.00 bits per heavy atom. The van der Waals surface area contributed by atoms with Gasteiger partial charge in [-0.05, 0) is 19.1 Å². The number of para-hydroxylation sites is 1. The van der Waals surface area contributed by atoms with Crippen LogP contribution in [-0.4, -0.2) is 25.4 Å². The Morgan fingerprint density at radius 1 is 1.17 bits per heavy atom. The minimum absolute atomic E-state index is 0.0757. The van der Waals surface area contributed by atoms with Gasteiger partial charge in [0.05, 0.1) is 17.8 Å². The highest BCUT2D eigenvalue weighted by molar-refractivity contribution is 5.74. The molecule has 0 aliphatic rings. The third kappa shape index (κ3) is 2.00. The van der Waals surface area contributed by atoms with Crippen LogP contribution in [0.5, 0.6) is 0 Å². The van der Waals surface area contributed by atoms with E-state index < -0.39 is 0 Å². The maximum absolute atomic E-state index is 4.41. The molecule has 0 bridgehead atoms. The Hall–Kier alpha value is -2.50. The molecule has 6 nitrogen and oxygen atoms in total. The van der Waals surface area contributed by atoms with Crippen LogP contribution in [0.4, 0.5) is 5.95 Å². The van der Waals surface area contributed by atoms with E-state index in [0.29, 0.717) is 5.95 Å². The fourth-order valence-electron chi connectivity index (χ4n) is 1.72. The van der Waals surface area contributed by atoms with Crippen molar-refractivity contribution in [2.45, 2.75) is 13.0 Å². The van der Waals surface area contributed by atoms with Crippen molar-refractivity contribution in [2.75, 3.05) is 5.32 Å². The summed E-state index contributed by atoms with van der Waals surface area (Å²) in [6, 6.07) is 7.72. The van der Waals surface area contributed by atoms with Gasteiger partial charge in [-0.2, -0.15) is 5.10 Å². The van der Waals surface area contributed by atoms with E-state index in [9.17, 15) is 0 Å². The SMILES string of the molecule is CC(Nc1nnc2ccccc2n1)c1cn[nH]c1. The maximum Gasteiger partial charge on any atom is 0.243 e. The molecule has 0 aliphatic carbocycles. The summed E-state index contributed by atoms with van der Waals surface area (Å²) in [6.45, 7) is 2.02. The molecule has 1 unspecified atom stereocenters. The lowest BCUT2D eigenvalue weighted by Crippen LogP contribution is -2.09. The van der Waals surface area contributed by atoms with Crippen LogP contribution in [0, 0.1) is 0 Å². The van der Waals surface area contributed by atoms with Gasteiger partial charge in [-0.15, -0.1) is 10.2 Å². The van der Waals surface area contributed by atoms with Gasteiger partial charge in [0.2, 0.25) is 5.95 Å². The molecular formula is C12H12N6. The minimum Gasteiger partial charge on any atom is -0.346 e. The van der Waals surface area contributed by atoms with Crippen LogP contribution < -0.4 is 5.32 Å². The molecule has 0 saturated carbocycles. The Morgan fingerprint density at radius 3 is 2.78 bits per heavy atom. The number of anilines is 1. The van der Waals surface area contributed by atoms with Gasteiger partial charge in [0.1, 0.15) is 5.52 Å². The summed E-state index contributed by atoms with van der Waals surface area (Å²) in [4.78, 5) is 4.41. The number of fused-ring (bicyclic) bond motifs is 1. The van der Waals surface area contributed by atoms with Gasteiger partial charge in [0.15, 0.2) is 0 Å². The molecule has 3 rings (SSSR count). The molecule has 0 radical (unpaired) electrons. The maximum atomic E-state index is 4.41. The topological polar surface area (TPSA) is 79.4 Å². The van der Waals surface area contributed by atoms with Crippen molar-refractivity contribution >= 4 is 17.0 Å². The van der Waals surface area contributed by atoms with E-state index >= 15 is 0 Å². The molecule has 0 saturated heterocycles. The number of aromatic nitrogens is 5. The highest BCUT2D eigenvalue weighted by atomic mass is 15.2. The molecule has 1 aromatic carbocycles. The van der Waals surface area contributed by atoms with E-state index in [1.807, 2.05) is 37.4 Å². The quantitative estimate of drug-likeness (QED) is 0.731. The monoisotopic (exact) mass is 240 g/mol. The van der Waals surface area contributed by atoms with Crippen molar-refractivity contribution in [1.82, 2.24) is 25.4 Å². The molecule has 6 heteroatoms. The fraction of sp³-hybridized carbons (Fsp3) is 0.167. The Bertz CT molecular complexity index is 648. The van der Waals surface area contributed by atoms with E-state index in [1.54, 1.807) is 6.20 Å². The summed E-state index contributed by atoms with van der Waals surface area (Å²) in [5.41, 5.74) is 2.67. The third-order valence-corrected chi connectivity index (χ3v) is 2.73. The van der Waals surface area contributed by atoms with Crippen molar-refractivity contribution in [3.8, 4) is 0 Å². The van der Waals surface area contributed by atoms with Crippen LogP contribution in [0.25, 0.3) is 11.0 Å². The standard InChI is InChI=1S/C12H12N6/c1-8(9-6-13-14-7-9)15-12-16-10-4-2-3-5-11(10)17-18-12/h2-8H,1H3,(H,13,14)(H,15,16,18). The molecular weight excluding hydrogens is 228 g/mol. The lowest BCUT2D eigenvalue weighted by atomic mass is 10.2. The van der Waals surface area contributed by atoms with E-state index in [0.717, 1.165) is 16.6 Å². The number of benzene rings is 1. The molecule has 0 aliphatic heterocycles. The van der Waals surface area contributed by atoms with Crippen LogP contribution in [0.15, 0.2) is 36.7 Å². The first kappa shape index (κ1) is 10.6. The smallest absolute Gasteiger partial charge is 0.243 e. The summed E-state index contributed by atoms with van der Waals surface area (Å²) in [6.07, 6.45) is 3.61. The highest BCUT2D eigenvalue weighted by Gasteiger charge is 2.08. The van der Waals surface area contributed by atoms with Gasteiger partial charge < -0.3 is 5.32 Å². The van der Waals surface area contributed by atoms with Crippen LogP contribution in [-0.2, 0) is 0 Å². The molecule has 2 heterocycles. The van der Waals surface area contributed by atoms with Gasteiger partial charge in [0.25, 0.3) is 0 Å². The normalized spacial score (nSPS) is 12.5. The number of hydrogen-bond acceptors (Lipinski definition) is 5. The van der Waals surface area contributed by atoms with E-state index in [2.05, 4.69) is 30.7 Å². The summed E-state index contributed by atoms with van der Waals surface area (Å²) in [7, 11) is 0. The molecule has 90 valence electrons. The number of H-pyrrole nitrogens is 1. The second-order valence-electron chi connectivity index (χ2n) is 4.02. The second-order valence-corrected chi connectivity index (χ2v) is 4.02. The summed E-state index contributed by atoms with van der Waals surface area (Å²) in [5, 5.41) is 18.1. The average molecular weight is 240 g/mol. The van der Waals surface area contributed by atoms with Gasteiger partial charge in [-0.3, -0.25) is 5.10 Å². The number of nitrogens with zero attached hydrogens (tertiary/aromatic N) is 4. The first-order chi connectivity index (χ1) is 8.83. The summed E-state index contributed by atoms with van der Waals surface area (Å²) >= 11 is 0. The van der Waals surface area contributed by atoms with Gasteiger partial charge in [-0.25, -0.2) is 4.98 Å². The van der Waals surface area contributed by atoms with Gasteiger partial charge in [0, 0.05) is 11.8 Å². The number of rotatable bonds is 3. The number of hydrogen-bond donors (Lipinski definition) is 2. The zero-order valence-corrected chi connectivity index (χ0v) is 9.83. The molecule has 2 aromatic heterocycles. The second kappa shape index (κ2) is 4.40.